The second-order valence-electron chi connectivity index (χ2n) is 8.17. The molecule has 0 atom stereocenters. The van der Waals surface area contributed by atoms with Crippen LogP contribution in [0.25, 0.3) is 21.8 Å². The third-order valence-electron chi connectivity index (χ3n) is 6.08. The molecule has 0 radical (unpaired) electrons. The number of aromatic nitrogens is 1. The van der Waals surface area contributed by atoms with Crippen LogP contribution in [-0.4, -0.2) is 34.8 Å². The van der Waals surface area contributed by atoms with Crippen LogP contribution in [0.3, 0.4) is 0 Å². The maximum Gasteiger partial charge on any atom is 0.261 e. The van der Waals surface area contributed by atoms with Crippen LogP contribution in [0.1, 0.15) is 46.4 Å². The highest BCUT2D eigenvalue weighted by Crippen LogP contribution is 2.30. The minimum Gasteiger partial charge on any atom is -0.384 e. The number of nitrogens with one attached hydrogen (secondary N) is 1. The summed E-state index contributed by atoms with van der Waals surface area (Å²) in [7, 11) is 0. The second kappa shape index (κ2) is 8.79. The van der Waals surface area contributed by atoms with E-state index in [1.54, 1.807) is 24.3 Å². The van der Waals surface area contributed by atoms with E-state index < -0.39 is 0 Å². The summed E-state index contributed by atoms with van der Waals surface area (Å²) >= 11 is 0. The Morgan fingerprint density at radius 3 is 1.81 bits per heavy atom. The number of hydrogen-bond donors (Lipinski definition) is 1. The fraction of sp³-hybridized carbons (Fsp3) is 0.222. The van der Waals surface area contributed by atoms with Crippen LogP contribution in [0, 0.1) is 0 Å². The second-order valence-corrected chi connectivity index (χ2v) is 8.17. The Morgan fingerprint density at radius 2 is 1.19 bits per heavy atom. The highest BCUT2D eigenvalue weighted by Gasteiger charge is 2.34. The monoisotopic (exact) mass is 423 g/mol. The molecular formula is C27H25N3O2. The predicted molar refractivity (Wildman–Crippen MR) is 128 cm³/mol. The Labute approximate surface area is 187 Å². The summed E-state index contributed by atoms with van der Waals surface area (Å²) in [6.07, 6.45) is 3.86. The van der Waals surface area contributed by atoms with Crippen molar-refractivity contribution in [1.29, 1.82) is 0 Å². The minimum atomic E-state index is -0.163. The average Bonchev–Trinajstić information content (AvgIpc) is 3.07. The first kappa shape index (κ1) is 20.2. The molecule has 0 bridgehead atoms. The molecule has 1 aliphatic heterocycles. The van der Waals surface area contributed by atoms with Crippen LogP contribution in [0.15, 0.2) is 72.8 Å². The Balaban J connectivity index is 1.14. The molecule has 0 unspecified atom stereocenters. The van der Waals surface area contributed by atoms with Crippen LogP contribution in [0.2, 0.25) is 0 Å². The van der Waals surface area contributed by atoms with E-state index in [1.807, 2.05) is 36.4 Å². The van der Waals surface area contributed by atoms with E-state index in [0.29, 0.717) is 17.7 Å². The number of unbranched alkanes of at least 4 members (excludes halogenated alkanes) is 3. The summed E-state index contributed by atoms with van der Waals surface area (Å²) in [6.45, 7) is 1.35. The molecule has 0 spiro atoms. The molecule has 2 amide bonds. The molecule has 0 saturated carbocycles. The lowest BCUT2D eigenvalue weighted by Crippen LogP contribution is -2.30. The van der Waals surface area contributed by atoms with Crippen LogP contribution < -0.4 is 5.32 Å². The smallest absolute Gasteiger partial charge is 0.261 e. The van der Waals surface area contributed by atoms with Gasteiger partial charge in [0, 0.05) is 23.9 Å². The Morgan fingerprint density at radius 1 is 0.656 bits per heavy atom. The van der Waals surface area contributed by atoms with Crippen LogP contribution in [0.5, 0.6) is 0 Å². The molecular weight excluding hydrogens is 398 g/mol. The van der Waals surface area contributed by atoms with Gasteiger partial charge in [0.15, 0.2) is 0 Å². The van der Waals surface area contributed by atoms with Gasteiger partial charge in [-0.2, -0.15) is 0 Å². The average molecular weight is 424 g/mol. The van der Waals surface area contributed by atoms with Crippen molar-refractivity contribution in [3.8, 4) is 0 Å². The largest absolute Gasteiger partial charge is 0.384 e. The van der Waals surface area contributed by atoms with Gasteiger partial charge in [0.05, 0.1) is 27.8 Å². The first-order valence-corrected chi connectivity index (χ1v) is 11.2. The molecule has 4 aromatic rings. The van der Waals surface area contributed by atoms with Gasteiger partial charge in [0.25, 0.3) is 11.8 Å². The number of rotatable bonds is 8. The van der Waals surface area contributed by atoms with Gasteiger partial charge < -0.3 is 5.32 Å². The number of hydrogen-bond acceptors (Lipinski definition) is 4. The van der Waals surface area contributed by atoms with Crippen molar-refractivity contribution in [2.45, 2.75) is 25.7 Å². The minimum absolute atomic E-state index is 0.163. The normalized spacial score (nSPS) is 13.2. The molecule has 5 nitrogen and oxygen atoms in total. The van der Waals surface area contributed by atoms with Crippen LogP contribution >= 0.6 is 0 Å². The molecule has 32 heavy (non-hydrogen) atoms. The fourth-order valence-corrected chi connectivity index (χ4v) is 4.43. The lowest BCUT2D eigenvalue weighted by Gasteiger charge is -2.14. The highest BCUT2D eigenvalue weighted by atomic mass is 16.2. The van der Waals surface area contributed by atoms with E-state index in [-0.39, 0.29) is 11.8 Å². The summed E-state index contributed by atoms with van der Waals surface area (Å²) < 4.78 is 0. The van der Waals surface area contributed by atoms with Crippen molar-refractivity contribution in [2.75, 3.05) is 18.4 Å². The molecule has 1 aliphatic rings. The zero-order chi connectivity index (χ0) is 21.9. The molecule has 160 valence electrons. The first-order valence-electron chi connectivity index (χ1n) is 11.2. The molecule has 1 N–H and O–H groups in total. The van der Waals surface area contributed by atoms with Crippen molar-refractivity contribution >= 4 is 39.3 Å². The number of amides is 2. The van der Waals surface area contributed by atoms with E-state index in [0.717, 1.165) is 59.7 Å². The van der Waals surface area contributed by atoms with E-state index >= 15 is 0 Å². The molecule has 5 rings (SSSR count). The van der Waals surface area contributed by atoms with Gasteiger partial charge in [-0.1, -0.05) is 61.4 Å². The summed E-state index contributed by atoms with van der Waals surface area (Å²) in [5, 5.41) is 5.90. The zero-order valence-corrected chi connectivity index (χ0v) is 17.9. The third kappa shape index (κ3) is 3.71. The van der Waals surface area contributed by atoms with Gasteiger partial charge in [0.1, 0.15) is 0 Å². The molecule has 0 fully saturated rings. The van der Waals surface area contributed by atoms with E-state index in [9.17, 15) is 9.59 Å². The van der Waals surface area contributed by atoms with Crippen molar-refractivity contribution in [2.24, 2.45) is 0 Å². The molecule has 3 aromatic carbocycles. The number of carbonyl (C=O) groups excluding carboxylic acids is 2. The highest BCUT2D eigenvalue weighted by molar-refractivity contribution is 6.21. The van der Waals surface area contributed by atoms with Crippen molar-refractivity contribution in [3.05, 3.63) is 83.9 Å². The molecule has 0 saturated heterocycles. The predicted octanol–water partition coefficient (Wildman–Crippen LogP) is 5.66. The van der Waals surface area contributed by atoms with Crippen molar-refractivity contribution in [3.63, 3.8) is 0 Å². The van der Waals surface area contributed by atoms with Gasteiger partial charge in [-0.25, -0.2) is 4.98 Å². The Hall–Kier alpha value is -3.73. The zero-order valence-electron chi connectivity index (χ0n) is 17.9. The first-order chi connectivity index (χ1) is 15.7. The standard InChI is InChI=1S/C27H25N3O2/c31-26-19-11-3-4-12-20(19)27(32)30(26)18-10-2-1-9-17-28-25-21-13-5-7-15-23(21)29-24-16-8-6-14-22(24)25/h3-8,11-16H,1-2,9-10,17-18H2,(H,28,29). The van der Waals surface area contributed by atoms with Crippen molar-refractivity contribution < 1.29 is 9.59 Å². The summed E-state index contributed by atoms with van der Waals surface area (Å²) in [5.41, 5.74) is 4.18. The number of nitrogens with zero attached hydrogens (tertiary/aromatic N) is 2. The lowest BCUT2D eigenvalue weighted by atomic mass is 10.1. The molecule has 0 aliphatic carbocycles. The third-order valence-corrected chi connectivity index (χ3v) is 6.08. The summed E-state index contributed by atoms with van der Waals surface area (Å²) in [6, 6.07) is 23.5. The van der Waals surface area contributed by atoms with E-state index in [2.05, 4.69) is 17.4 Å². The maximum absolute atomic E-state index is 12.4. The number of pyridine rings is 1. The lowest BCUT2D eigenvalue weighted by molar-refractivity contribution is 0.0651. The SMILES string of the molecule is O=C1c2ccccc2C(=O)N1CCCCCCNc1c2ccccc2nc2ccccc12. The summed E-state index contributed by atoms with van der Waals surface area (Å²) in [4.78, 5) is 31.0. The molecule has 5 heteroatoms. The number of fused-ring (bicyclic) bond motifs is 3. The number of benzene rings is 3. The number of imide groups is 1. The molecule has 2 heterocycles. The number of carbonyl (C=O) groups is 2. The fourth-order valence-electron chi connectivity index (χ4n) is 4.43. The van der Waals surface area contributed by atoms with Gasteiger partial charge in [-0.3, -0.25) is 14.5 Å². The van der Waals surface area contributed by atoms with Crippen LogP contribution in [0.4, 0.5) is 5.69 Å². The Bertz CT molecular complexity index is 1230. The number of para-hydroxylation sites is 2. The summed E-state index contributed by atoms with van der Waals surface area (Å²) in [5.74, 6) is -0.326. The van der Waals surface area contributed by atoms with Gasteiger partial charge >= 0.3 is 0 Å². The number of anilines is 1. The maximum atomic E-state index is 12.4. The van der Waals surface area contributed by atoms with E-state index in [1.165, 1.54) is 4.90 Å². The van der Waals surface area contributed by atoms with Gasteiger partial charge in [-0.05, 0) is 37.1 Å². The van der Waals surface area contributed by atoms with E-state index in [4.69, 9.17) is 4.98 Å². The molecule has 1 aromatic heterocycles. The van der Waals surface area contributed by atoms with Crippen molar-refractivity contribution in [1.82, 2.24) is 9.88 Å². The van der Waals surface area contributed by atoms with Gasteiger partial charge in [-0.15, -0.1) is 0 Å². The van der Waals surface area contributed by atoms with Gasteiger partial charge in [0.2, 0.25) is 0 Å². The topological polar surface area (TPSA) is 62.3 Å². The van der Waals surface area contributed by atoms with Crippen LogP contribution in [-0.2, 0) is 0 Å². The quantitative estimate of drug-likeness (QED) is 0.226. The Kier molecular flexibility index (Phi) is 5.55.